The van der Waals surface area contributed by atoms with Crippen LogP contribution in [0.3, 0.4) is 0 Å². The molecule has 2 aliphatic rings. The molecule has 0 aromatic heterocycles. The summed E-state index contributed by atoms with van der Waals surface area (Å²) in [7, 11) is -7.29. The number of hydrogen-bond acceptors (Lipinski definition) is 5. The molecule has 30 heavy (non-hydrogen) atoms. The van der Waals surface area contributed by atoms with Gasteiger partial charge in [-0.1, -0.05) is 20.8 Å². The maximum absolute atomic E-state index is 12.4. The van der Waals surface area contributed by atoms with Crippen molar-refractivity contribution in [1.82, 2.24) is 4.90 Å². The van der Waals surface area contributed by atoms with Gasteiger partial charge in [0.2, 0.25) is 0 Å². The molecule has 10 heteroatoms. The molecule has 0 amide bonds. The Kier molecular flexibility index (Phi) is 8.13. The summed E-state index contributed by atoms with van der Waals surface area (Å²) >= 11 is 0. The highest BCUT2D eigenvalue weighted by Crippen LogP contribution is 2.38. The predicted molar refractivity (Wildman–Crippen MR) is 114 cm³/mol. The van der Waals surface area contributed by atoms with Gasteiger partial charge in [-0.25, -0.2) is 0 Å². The zero-order chi connectivity index (χ0) is 22.8. The van der Waals surface area contributed by atoms with Crippen LogP contribution in [0.4, 0.5) is 13.2 Å². The minimum atomic E-state index is -5.57. The summed E-state index contributed by atoms with van der Waals surface area (Å²) in [6.07, 6.45) is 6.15. The number of rotatable bonds is 7. The molecule has 176 valence electrons. The molecule has 0 N–H and O–H groups in total. The lowest BCUT2D eigenvalue weighted by Crippen LogP contribution is -2.42. The Morgan fingerprint density at radius 2 is 1.67 bits per heavy atom. The van der Waals surface area contributed by atoms with Crippen LogP contribution in [-0.4, -0.2) is 53.4 Å². The fourth-order valence-electron chi connectivity index (χ4n) is 3.61. The van der Waals surface area contributed by atoms with Crippen molar-refractivity contribution < 1.29 is 30.2 Å². The molecule has 1 heterocycles. The van der Waals surface area contributed by atoms with E-state index in [1.54, 1.807) is 0 Å². The number of hydrogen-bond donors (Lipinski definition) is 0. The number of alkyl halides is 3. The maximum Gasteiger partial charge on any atom is 0.534 e. The normalized spacial score (nSPS) is 25.1. The molecule has 0 radical (unpaired) electrons. The molecule has 0 saturated heterocycles. The summed E-state index contributed by atoms with van der Waals surface area (Å²) in [5.41, 5.74) is -5.39. The van der Waals surface area contributed by atoms with Gasteiger partial charge in [0.05, 0.1) is 0 Å². The van der Waals surface area contributed by atoms with Crippen LogP contribution in [0.2, 0.25) is 18.1 Å². The van der Waals surface area contributed by atoms with Crippen LogP contribution in [0, 0.1) is 11.8 Å². The summed E-state index contributed by atoms with van der Waals surface area (Å²) in [4.78, 5) is 2.16. The van der Waals surface area contributed by atoms with Gasteiger partial charge in [-0.3, -0.25) is 4.90 Å². The Hall–Kier alpha value is -0.583. The van der Waals surface area contributed by atoms with Crippen molar-refractivity contribution in [2.45, 2.75) is 76.5 Å². The lowest BCUT2D eigenvalue weighted by molar-refractivity contribution is -0.0525. The largest absolute Gasteiger partial charge is 0.534 e. The zero-order valence-electron chi connectivity index (χ0n) is 18.7. The smallest absolute Gasteiger partial charge is 0.417 e. The number of nitrogens with zero attached hydrogens (tertiary/aromatic N) is 1. The third kappa shape index (κ3) is 6.96. The summed E-state index contributed by atoms with van der Waals surface area (Å²) in [6.45, 7) is 13.9. The van der Waals surface area contributed by atoms with Crippen molar-refractivity contribution >= 4 is 18.4 Å². The van der Waals surface area contributed by atoms with E-state index in [2.05, 4.69) is 42.9 Å². The Balaban J connectivity index is 1.73. The monoisotopic (exact) mass is 471 g/mol. The van der Waals surface area contributed by atoms with Crippen molar-refractivity contribution in [3.05, 3.63) is 11.8 Å². The molecule has 0 bridgehead atoms. The summed E-state index contributed by atoms with van der Waals surface area (Å²) in [6, 6.07) is 0. The van der Waals surface area contributed by atoms with Crippen LogP contribution >= 0.6 is 0 Å². The van der Waals surface area contributed by atoms with Crippen LogP contribution < -0.4 is 0 Å². The summed E-state index contributed by atoms with van der Waals surface area (Å²) in [5, 5.41) is 0.216. The first-order valence-electron chi connectivity index (χ1n) is 10.7. The van der Waals surface area contributed by atoms with Crippen molar-refractivity contribution in [2.24, 2.45) is 11.8 Å². The Morgan fingerprint density at radius 3 is 2.13 bits per heavy atom. The van der Waals surface area contributed by atoms with Crippen LogP contribution in [0.25, 0.3) is 0 Å². The fourth-order valence-corrected chi connectivity index (χ4v) is 5.22. The van der Waals surface area contributed by atoms with Crippen molar-refractivity contribution in [1.29, 1.82) is 0 Å². The Bertz CT molecular complexity index is 709. The van der Waals surface area contributed by atoms with Gasteiger partial charge in [0.25, 0.3) is 0 Å². The van der Waals surface area contributed by atoms with Crippen molar-refractivity contribution in [2.75, 3.05) is 26.2 Å². The molecule has 0 spiro atoms. The van der Waals surface area contributed by atoms with E-state index in [9.17, 15) is 21.6 Å². The van der Waals surface area contributed by atoms with E-state index in [4.69, 9.17) is 4.43 Å². The van der Waals surface area contributed by atoms with Crippen LogP contribution in [-0.2, 0) is 18.7 Å². The van der Waals surface area contributed by atoms with E-state index in [0.29, 0.717) is 24.9 Å². The van der Waals surface area contributed by atoms with E-state index >= 15 is 0 Å². The SMILES string of the molecule is CC(C)(C)[Si](C)(C)OCC1CCC(CN2CC=C(OS(=O)(=O)C(F)(F)F)CC2)CC1. The molecule has 0 atom stereocenters. The second-order valence-electron chi connectivity index (χ2n) is 10.1. The third-order valence-corrected chi connectivity index (χ3v) is 12.2. The molecular formula is C20H36F3NO4SSi. The van der Waals surface area contributed by atoms with Gasteiger partial charge < -0.3 is 8.61 Å². The van der Waals surface area contributed by atoms with Crippen molar-refractivity contribution in [3.8, 4) is 0 Å². The van der Waals surface area contributed by atoms with Gasteiger partial charge in [0.15, 0.2) is 8.32 Å². The standard InChI is InChI=1S/C20H36F3NO4SSi/c1-19(2,3)30(4,5)27-15-17-8-6-16(7-9-17)14-24-12-10-18(11-13-24)28-29(25,26)20(21,22)23/h10,16-17H,6-9,11-15H2,1-5H3. The fraction of sp³-hybridized carbons (Fsp3) is 0.900. The van der Waals surface area contributed by atoms with E-state index in [0.717, 1.165) is 38.8 Å². The third-order valence-electron chi connectivity index (χ3n) is 6.72. The molecule has 0 aromatic carbocycles. The van der Waals surface area contributed by atoms with Gasteiger partial charge in [-0.2, -0.15) is 21.6 Å². The molecule has 0 aromatic rings. The topological polar surface area (TPSA) is 55.8 Å². The molecule has 1 saturated carbocycles. The molecule has 2 rings (SSSR count). The van der Waals surface area contributed by atoms with E-state index in [1.165, 1.54) is 6.08 Å². The summed E-state index contributed by atoms with van der Waals surface area (Å²) in [5.74, 6) is 1.04. The zero-order valence-corrected chi connectivity index (χ0v) is 20.5. The molecule has 5 nitrogen and oxygen atoms in total. The molecule has 1 aliphatic heterocycles. The van der Waals surface area contributed by atoms with E-state index in [-0.39, 0.29) is 17.2 Å². The quantitative estimate of drug-likeness (QED) is 0.288. The van der Waals surface area contributed by atoms with Crippen molar-refractivity contribution in [3.63, 3.8) is 0 Å². The minimum absolute atomic E-state index is 0.116. The van der Waals surface area contributed by atoms with Gasteiger partial charge in [-0.15, -0.1) is 0 Å². The molecule has 1 aliphatic carbocycles. The van der Waals surface area contributed by atoms with Crippen LogP contribution in [0.5, 0.6) is 0 Å². The lowest BCUT2D eigenvalue weighted by Gasteiger charge is -2.39. The Morgan fingerprint density at radius 1 is 1.10 bits per heavy atom. The summed E-state index contributed by atoms with van der Waals surface area (Å²) < 4.78 is 70.1. The van der Waals surface area contributed by atoms with Gasteiger partial charge in [0, 0.05) is 32.7 Å². The second-order valence-corrected chi connectivity index (χ2v) is 16.5. The highest BCUT2D eigenvalue weighted by atomic mass is 32.2. The van der Waals surface area contributed by atoms with Gasteiger partial charge >= 0.3 is 15.6 Å². The van der Waals surface area contributed by atoms with Gasteiger partial charge in [0.1, 0.15) is 5.76 Å². The molecular weight excluding hydrogens is 435 g/mol. The first-order chi connectivity index (χ1) is 13.6. The second kappa shape index (κ2) is 9.50. The molecule has 1 fully saturated rings. The highest BCUT2D eigenvalue weighted by molar-refractivity contribution is 7.87. The Labute approximate surface area is 180 Å². The predicted octanol–water partition coefficient (Wildman–Crippen LogP) is 5.27. The van der Waals surface area contributed by atoms with Gasteiger partial charge in [-0.05, 0) is 61.7 Å². The van der Waals surface area contributed by atoms with E-state index < -0.39 is 23.9 Å². The van der Waals surface area contributed by atoms with Crippen LogP contribution in [0.15, 0.2) is 11.8 Å². The lowest BCUT2D eigenvalue weighted by atomic mass is 9.82. The minimum Gasteiger partial charge on any atom is -0.417 e. The van der Waals surface area contributed by atoms with E-state index in [1.807, 2.05) is 0 Å². The first kappa shape index (κ1) is 25.7. The number of halogens is 3. The van der Waals surface area contributed by atoms with Crippen LogP contribution in [0.1, 0.15) is 52.9 Å². The highest BCUT2D eigenvalue weighted by Gasteiger charge is 2.49. The average Bonchev–Trinajstić information content (AvgIpc) is 2.61. The maximum atomic E-state index is 12.4. The average molecular weight is 472 g/mol. The molecule has 0 unspecified atom stereocenters. The first-order valence-corrected chi connectivity index (χ1v) is 15.0.